The lowest BCUT2D eigenvalue weighted by Gasteiger charge is -2.35. The van der Waals surface area contributed by atoms with Crippen molar-refractivity contribution in [2.45, 2.75) is 41.0 Å². The summed E-state index contributed by atoms with van der Waals surface area (Å²) in [6, 6.07) is 2.79. The van der Waals surface area contributed by atoms with E-state index in [9.17, 15) is 35.1 Å². The Bertz CT molecular complexity index is 1320. The van der Waals surface area contributed by atoms with E-state index in [1.807, 2.05) is 4.90 Å². The number of benzene rings is 1. The normalized spacial score (nSPS) is 15.8. The van der Waals surface area contributed by atoms with Gasteiger partial charge in [0.05, 0.1) is 18.3 Å². The summed E-state index contributed by atoms with van der Waals surface area (Å²) in [5, 5.41) is 40.8. The molecule has 1 atom stereocenters. The lowest BCUT2D eigenvalue weighted by atomic mass is 10.0. The van der Waals surface area contributed by atoms with Gasteiger partial charge in [-0.25, -0.2) is 26.7 Å². The molecule has 9 N–H and O–H groups in total. The van der Waals surface area contributed by atoms with E-state index in [1.54, 1.807) is 0 Å². The number of piperidine rings is 1. The number of carbonyl (C=O) groups is 1. The number of sulfonamides is 2. The smallest absolute Gasteiger partial charge is 0.395 e. The summed E-state index contributed by atoms with van der Waals surface area (Å²) in [7, 11) is -9.02. The van der Waals surface area contributed by atoms with Gasteiger partial charge in [-0.2, -0.15) is 18.4 Å². The topological polar surface area (TPSA) is 260 Å². The van der Waals surface area contributed by atoms with Crippen LogP contribution in [0.3, 0.4) is 0 Å². The van der Waals surface area contributed by atoms with Crippen molar-refractivity contribution < 1.29 is 45.0 Å². The van der Waals surface area contributed by atoms with Gasteiger partial charge < -0.3 is 26.2 Å². The Morgan fingerprint density at radius 1 is 1.23 bits per heavy atom. The van der Waals surface area contributed by atoms with Gasteiger partial charge in [0.25, 0.3) is 0 Å². The molecule has 2 aromatic rings. The van der Waals surface area contributed by atoms with Crippen molar-refractivity contribution in [3.05, 3.63) is 12.1 Å². The third-order valence-electron chi connectivity index (χ3n) is 5.54. The van der Waals surface area contributed by atoms with E-state index >= 15 is 0 Å². The first-order valence-electron chi connectivity index (χ1n) is 11.6. The fourth-order valence-corrected chi connectivity index (χ4v) is 6.42. The highest BCUT2D eigenvalue weighted by Crippen LogP contribution is 2.39. The minimum Gasteiger partial charge on any atom is -0.395 e. The van der Waals surface area contributed by atoms with Crippen molar-refractivity contribution in [2.75, 3.05) is 44.2 Å². The third kappa shape index (κ3) is 9.40. The number of primary sulfonamides is 1. The lowest BCUT2D eigenvalue weighted by molar-refractivity contribution is -0.156. The molecule has 1 aliphatic rings. The number of alkyl halides is 3. The Morgan fingerprint density at radius 2 is 1.85 bits per heavy atom. The van der Waals surface area contributed by atoms with Crippen LogP contribution in [0.25, 0.3) is 11.4 Å². The number of aromatic amines is 1. The molecule has 0 saturated carbocycles. The number of rotatable bonds is 11. The number of H-pyrrole nitrogens is 1. The predicted molar refractivity (Wildman–Crippen MR) is 134 cm³/mol. The fourth-order valence-electron chi connectivity index (χ4n) is 3.75. The fraction of sp³-hybridized carbons (Fsp3) is 0.579. The maximum absolute atomic E-state index is 13.0. The molecule has 0 aliphatic carbocycles. The molecule has 1 aromatic heterocycles. The zero-order valence-corrected chi connectivity index (χ0v) is 22.5. The number of nitrogens with one attached hydrogen (secondary N) is 3. The summed E-state index contributed by atoms with van der Waals surface area (Å²) in [4.78, 5) is 9.30. The minimum absolute atomic E-state index is 0.0200. The summed E-state index contributed by atoms with van der Waals surface area (Å²) >= 11 is 0. The highest BCUT2D eigenvalue weighted by atomic mass is 32.2. The van der Waals surface area contributed by atoms with Crippen LogP contribution in [0.1, 0.15) is 12.8 Å². The molecule has 1 aliphatic heterocycles. The number of nitrogens with zero attached hydrogens (tertiary/aromatic N) is 4. The number of nitrogens with two attached hydrogens (primary N) is 2. The van der Waals surface area contributed by atoms with Crippen LogP contribution in [0.2, 0.25) is 0 Å². The molecule has 0 radical (unpaired) electrons. The molecule has 0 amide bonds. The van der Waals surface area contributed by atoms with Gasteiger partial charge in [0.2, 0.25) is 32.2 Å². The number of carbonyl (C=O) groups excluding carboxylic acids is 1. The van der Waals surface area contributed by atoms with Crippen molar-refractivity contribution in [2.24, 2.45) is 10.9 Å². The number of anilines is 1. The number of aliphatic hydroxyl groups excluding tert-OH is 2. The second kappa shape index (κ2) is 14.2. The molecule has 16 nitrogen and oxygen atoms in total. The van der Waals surface area contributed by atoms with Gasteiger partial charge in [-0.15, -0.1) is 10.2 Å². The number of aromatic nitrogens is 4. The van der Waals surface area contributed by atoms with Gasteiger partial charge in [0.15, 0.2) is 0 Å². The zero-order valence-electron chi connectivity index (χ0n) is 20.9. The third-order valence-corrected chi connectivity index (χ3v) is 8.13. The SMILES string of the molecule is NC[C@@H](O)CNS(=O)(=O)c1ccc(N2CCC(NCCO)CC2)c(-c2nn[nH]n2)c1S(N)(=O)=O.O=CC(F)(F)F. The van der Waals surface area contributed by atoms with Gasteiger partial charge >= 0.3 is 6.18 Å². The average molecular weight is 618 g/mol. The Hall–Kier alpha value is -2.79. The number of aldehydes is 1. The molecular formula is C19H30F3N9O7S2. The zero-order chi connectivity index (χ0) is 30.1. The van der Waals surface area contributed by atoms with Gasteiger partial charge in [-0.1, -0.05) is 0 Å². The summed E-state index contributed by atoms with van der Waals surface area (Å²) in [5.41, 5.74) is 5.60. The van der Waals surface area contributed by atoms with Crippen LogP contribution in [0.5, 0.6) is 0 Å². The van der Waals surface area contributed by atoms with Gasteiger partial charge in [0, 0.05) is 44.5 Å². The van der Waals surface area contributed by atoms with Crippen LogP contribution in [0.4, 0.5) is 18.9 Å². The lowest BCUT2D eigenvalue weighted by Crippen LogP contribution is -2.43. The van der Waals surface area contributed by atoms with E-state index < -0.39 is 54.9 Å². The van der Waals surface area contributed by atoms with Crippen molar-refractivity contribution in [1.29, 1.82) is 0 Å². The summed E-state index contributed by atoms with van der Waals surface area (Å²) in [5.74, 6) is -0.140. The molecule has 3 rings (SSSR count). The Morgan fingerprint density at radius 3 is 2.33 bits per heavy atom. The maximum atomic E-state index is 13.0. The van der Waals surface area contributed by atoms with Gasteiger partial charge in [-0.3, -0.25) is 4.79 Å². The first-order chi connectivity index (χ1) is 18.6. The van der Waals surface area contributed by atoms with E-state index in [1.165, 1.54) is 6.07 Å². The van der Waals surface area contributed by atoms with E-state index in [2.05, 4.69) is 30.7 Å². The minimum atomic E-state index is -4.64. The standard InChI is InChI=1S/C17H29N9O6S2.C2HF3O/c18-9-12(28)10-21-34(31,32)14-2-1-13(26-6-3-11(4-7-26)20-5-8-27)15(16(14)33(19,29)30)17-22-24-25-23-17;3-2(4,5)1-6/h1-2,11-12,20-21,27-28H,3-10,18H2,(H2,19,29,30)(H,22,23,24,25);1H/t12-;/m1./s1. The first kappa shape index (κ1) is 33.4. The molecule has 1 fully saturated rings. The van der Waals surface area contributed by atoms with Crippen molar-refractivity contribution in [3.8, 4) is 11.4 Å². The number of halogens is 3. The van der Waals surface area contributed by atoms with Crippen LogP contribution >= 0.6 is 0 Å². The molecule has 0 spiro atoms. The largest absolute Gasteiger partial charge is 0.446 e. The summed E-state index contributed by atoms with van der Waals surface area (Å²) < 4.78 is 84.8. The average Bonchev–Trinajstić information content (AvgIpc) is 3.44. The Kier molecular flexibility index (Phi) is 11.9. The van der Waals surface area contributed by atoms with E-state index in [0.29, 0.717) is 38.2 Å². The molecule has 1 aromatic carbocycles. The van der Waals surface area contributed by atoms with E-state index in [4.69, 9.17) is 20.8 Å². The Labute approximate surface area is 227 Å². The predicted octanol–water partition coefficient (Wildman–Crippen LogP) is -2.59. The highest BCUT2D eigenvalue weighted by Gasteiger charge is 2.34. The maximum Gasteiger partial charge on any atom is 0.446 e. The van der Waals surface area contributed by atoms with Crippen LogP contribution in [0.15, 0.2) is 21.9 Å². The van der Waals surface area contributed by atoms with E-state index in [0.717, 1.165) is 6.07 Å². The van der Waals surface area contributed by atoms with Crippen molar-refractivity contribution in [1.82, 2.24) is 30.7 Å². The first-order valence-corrected chi connectivity index (χ1v) is 14.6. The van der Waals surface area contributed by atoms with Crippen LogP contribution < -0.4 is 25.8 Å². The number of hydrogen-bond acceptors (Lipinski definition) is 13. The molecule has 1 saturated heterocycles. The van der Waals surface area contributed by atoms with E-state index in [-0.39, 0.29) is 30.6 Å². The quantitative estimate of drug-likeness (QED) is 0.128. The van der Waals surface area contributed by atoms with Crippen LogP contribution in [0, 0.1) is 0 Å². The molecule has 2 heterocycles. The number of aliphatic hydroxyl groups is 2. The second-order valence-corrected chi connectivity index (χ2v) is 11.6. The second-order valence-electron chi connectivity index (χ2n) is 8.41. The molecule has 40 heavy (non-hydrogen) atoms. The molecule has 21 heteroatoms. The Balaban J connectivity index is 0.000000840. The monoisotopic (exact) mass is 617 g/mol. The van der Waals surface area contributed by atoms with Gasteiger partial charge in [0.1, 0.15) is 9.79 Å². The highest BCUT2D eigenvalue weighted by molar-refractivity contribution is 7.92. The van der Waals surface area contributed by atoms with Crippen molar-refractivity contribution in [3.63, 3.8) is 0 Å². The van der Waals surface area contributed by atoms with Crippen LogP contribution in [-0.2, 0) is 24.8 Å². The summed E-state index contributed by atoms with van der Waals surface area (Å²) in [6.07, 6.45) is -5.46. The van der Waals surface area contributed by atoms with Gasteiger partial charge in [-0.05, 0) is 30.2 Å². The molecule has 226 valence electrons. The van der Waals surface area contributed by atoms with Crippen LogP contribution in [-0.4, -0.2) is 112 Å². The molecule has 0 unspecified atom stereocenters. The summed E-state index contributed by atoms with van der Waals surface area (Å²) in [6.45, 7) is 0.909. The number of hydrogen-bond donors (Lipinski definition) is 7. The van der Waals surface area contributed by atoms with Crippen molar-refractivity contribution >= 4 is 32.0 Å². The number of tetrazole rings is 1. The molecular weight excluding hydrogens is 587 g/mol. The molecule has 0 bridgehead atoms.